The van der Waals surface area contributed by atoms with Crippen molar-refractivity contribution in [1.29, 1.82) is 0 Å². The zero-order valence-electron chi connectivity index (χ0n) is 10.4. The van der Waals surface area contributed by atoms with Crippen LogP contribution in [0.5, 0.6) is 17.2 Å². The van der Waals surface area contributed by atoms with E-state index in [2.05, 4.69) is 0 Å². The molecular weight excluding hydrogens is 285 g/mol. The van der Waals surface area contributed by atoms with Gasteiger partial charge in [0.2, 0.25) is 0 Å². The van der Waals surface area contributed by atoms with Gasteiger partial charge < -0.3 is 15.2 Å². The predicted octanol–water partition coefficient (Wildman–Crippen LogP) is 4.54. The van der Waals surface area contributed by atoms with E-state index in [0.29, 0.717) is 34.6 Å². The van der Waals surface area contributed by atoms with E-state index in [-0.39, 0.29) is 12.4 Å². The van der Waals surface area contributed by atoms with Crippen LogP contribution in [0.2, 0.25) is 5.02 Å². The number of benzene rings is 2. The lowest BCUT2D eigenvalue weighted by Crippen LogP contribution is -1.95. The monoisotopic (exact) mass is 299 g/mol. The summed E-state index contributed by atoms with van der Waals surface area (Å²) >= 11 is 6.06. The fourth-order valence-electron chi connectivity index (χ4n) is 1.53. The van der Waals surface area contributed by atoms with Gasteiger partial charge in [-0.25, -0.2) is 0 Å². The molecule has 2 N–H and O–H groups in total. The summed E-state index contributed by atoms with van der Waals surface area (Å²) in [6.45, 7) is 2.50. The van der Waals surface area contributed by atoms with Crippen LogP contribution in [0, 0.1) is 0 Å². The third-order valence-electron chi connectivity index (χ3n) is 2.32. The van der Waals surface area contributed by atoms with Crippen LogP contribution in [0.1, 0.15) is 6.92 Å². The van der Waals surface area contributed by atoms with Gasteiger partial charge in [-0.3, -0.25) is 0 Å². The molecule has 0 fully saturated rings. The third kappa shape index (κ3) is 3.94. The largest absolute Gasteiger partial charge is 0.490 e. The number of anilines is 1. The van der Waals surface area contributed by atoms with E-state index in [4.69, 9.17) is 26.8 Å². The van der Waals surface area contributed by atoms with E-state index in [1.807, 2.05) is 31.2 Å². The van der Waals surface area contributed by atoms with Gasteiger partial charge in [-0.1, -0.05) is 23.7 Å². The van der Waals surface area contributed by atoms with Crippen LogP contribution < -0.4 is 15.2 Å². The van der Waals surface area contributed by atoms with Gasteiger partial charge in [0.1, 0.15) is 5.75 Å². The summed E-state index contributed by atoms with van der Waals surface area (Å²) in [7, 11) is 0. The van der Waals surface area contributed by atoms with Crippen molar-refractivity contribution in [3.8, 4) is 17.2 Å². The summed E-state index contributed by atoms with van der Waals surface area (Å²) in [4.78, 5) is 0. The van der Waals surface area contributed by atoms with Crippen molar-refractivity contribution in [3.05, 3.63) is 47.5 Å². The van der Waals surface area contributed by atoms with E-state index in [0.717, 1.165) is 0 Å². The molecule has 0 aromatic heterocycles. The summed E-state index contributed by atoms with van der Waals surface area (Å²) in [5.41, 5.74) is 6.24. The number of nitrogens with two attached hydrogens (primary N) is 1. The first-order chi connectivity index (χ1) is 8.70. The number of rotatable bonds is 4. The lowest BCUT2D eigenvalue weighted by molar-refractivity contribution is 0.321. The van der Waals surface area contributed by atoms with E-state index in [1.165, 1.54) is 0 Å². The van der Waals surface area contributed by atoms with Crippen molar-refractivity contribution in [1.82, 2.24) is 0 Å². The van der Waals surface area contributed by atoms with Crippen LogP contribution in [-0.4, -0.2) is 6.61 Å². The number of ether oxygens (including phenoxy) is 2. The Hall–Kier alpha value is -1.58. The average molecular weight is 300 g/mol. The smallest absolute Gasteiger partial charge is 0.169 e. The zero-order chi connectivity index (χ0) is 13.0. The molecule has 0 aliphatic rings. The lowest BCUT2D eigenvalue weighted by Gasteiger charge is -2.12. The first-order valence-corrected chi connectivity index (χ1v) is 6.03. The van der Waals surface area contributed by atoms with Gasteiger partial charge in [-0.05, 0) is 37.3 Å². The minimum atomic E-state index is 0. The minimum absolute atomic E-state index is 0. The fraction of sp³-hybridized carbons (Fsp3) is 0.143. The second-order valence-corrected chi connectivity index (χ2v) is 4.08. The van der Waals surface area contributed by atoms with Gasteiger partial charge in [0, 0.05) is 5.69 Å². The highest BCUT2D eigenvalue weighted by Gasteiger charge is 2.08. The number of hydrogen-bond acceptors (Lipinski definition) is 3. The second-order valence-electron chi connectivity index (χ2n) is 3.67. The highest BCUT2D eigenvalue weighted by Crippen LogP contribution is 2.35. The first kappa shape index (κ1) is 15.5. The maximum absolute atomic E-state index is 6.06. The molecule has 0 aliphatic heterocycles. The zero-order valence-corrected chi connectivity index (χ0v) is 12.0. The number of para-hydroxylation sites is 2. The van der Waals surface area contributed by atoms with Crippen LogP contribution in [0.3, 0.4) is 0 Å². The van der Waals surface area contributed by atoms with Crippen molar-refractivity contribution in [2.24, 2.45) is 0 Å². The molecule has 0 atom stereocenters. The summed E-state index contributed by atoms with van der Waals surface area (Å²) in [6, 6.07) is 12.6. The van der Waals surface area contributed by atoms with Crippen LogP contribution in [0.4, 0.5) is 5.69 Å². The Morgan fingerprint density at radius 3 is 2.37 bits per heavy atom. The van der Waals surface area contributed by atoms with E-state index in [1.54, 1.807) is 18.2 Å². The average Bonchev–Trinajstić information content (AvgIpc) is 2.35. The van der Waals surface area contributed by atoms with Crippen molar-refractivity contribution in [2.45, 2.75) is 6.92 Å². The van der Waals surface area contributed by atoms with Crippen molar-refractivity contribution in [2.75, 3.05) is 12.3 Å². The maximum atomic E-state index is 6.06. The lowest BCUT2D eigenvalue weighted by atomic mass is 10.3. The normalized spacial score (nSPS) is 9.58. The first-order valence-electron chi connectivity index (χ1n) is 5.65. The number of hydrogen-bond donors (Lipinski definition) is 1. The summed E-state index contributed by atoms with van der Waals surface area (Å²) in [5.74, 6) is 1.87. The van der Waals surface area contributed by atoms with E-state index < -0.39 is 0 Å². The molecule has 5 heteroatoms. The van der Waals surface area contributed by atoms with Gasteiger partial charge in [0.05, 0.1) is 11.6 Å². The highest BCUT2D eigenvalue weighted by molar-refractivity contribution is 6.32. The Kier molecular flexibility index (Phi) is 5.80. The molecule has 0 heterocycles. The van der Waals surface area contributed by atoms with E-state index in [9.17, 15) is 0 Å². The number of nitrogen functional groups attached to an aromatic ring is 1. The fourth-order valence-corrected chi connectivity index (χ4v) is 1.76. The van der Waals surface area contributed by atoms with Gasteiger partial charge in [0.25, 0.3) is 0 Å². The van der Waals surface area contributed by atoms with Crippen LogP contribution >= 0.6 is 24.0 Å². The van der Waals surface area contributed by atoms with Crippen molar-refractivity contribution >= 4 is 29.7 Å². The molecule has 102 valence electrons. The van der Waals surface area contributed by atoms with Crippen molar-refractivity contribution in [3.63, 3.8) is 0 Å². The molecule has 0 spiro atoms. The maximum Gasteiger partial charge on any atom is 0.169 e. The quantitative estimate of drug-likeness (QED) is 0.843. The van der Waals surface area contributed by atoms with Crippen LogP contribution in [0.15, 0.2) is 42.5 Å². The molecule has 0 unspecified atom stereocenters. The molecule has 0 amide bonds. The summed E-state index contributed by atoms with van der Waals surface area (Å²) < 4.78 is 11.2. The molecule has 0 aliphatic carbocycles. The van der Waals surface area contributed by atoms with Gasteiger partial charge in [0.15, 0.2) is 11.5 Å². The second kappa shape index (κ2) is 7.12. The van der Waals surface area contributed by atoms with Crippen LogP contribution in [-0.2, 0) is 0 Å². The molecule has 0 bridgehead atoms. The van der Waals surface area contributed by atoms with Crippen molar-refractivity contribution < 1.29 is 9.47 Å². The van der Waals surface area contributed by atoms with Gasteiger partial charge >= 0.3 is 0 Å². The van der Waals surface area contributed by atoms with E-state index >= 15 is 0 Å². The van der Waals surface area contributed by atoms with Gasteiger partial charge in [-0.2, -0.15) is 0 Å². The Bertz CT molecular complexity index is 547. The Morgan fingerprint density at radius 2 is 1.74 bits per heavy atom. The Morgan fingerprint density at radius 1 is 1.05 bits per heavy atom. The topological polar surface area (TPSA) is 44.5 Å². The van der Waals surface area contributed by atoms with Gasteiger partial charge in [-0.15, -0.1) is 12.4 Å². The minimum Gasteiger partial charge on any atom is -0.490 e. The Balaban J connectivity index is 0.00000180. The Labute approximate surface area is 123 Å². The molecule has 2 aromatic rings. The highest BCUT2D eigenvalue weighted by atomic mass is 35.5. The molecular formula is C14H15Cl2NO2. The molecule has 2 aromatic carbocycles. The summed E-state index contributed by atoms with van der Waals surface area (Å²) in [6.07, 6.45) is 0. The number of halogens is 2. The molecule has 2 rings (SSSR count). The SMILES string of the molecule is CCOc1ccccc1Oc1ccc(N)cc1Cl.Cl. The molecule has 0 radical (unpaired) electrons. The molecule has 0 saturated heterocycles. The molecule has 0 saturated carbocycles. The standard InChI is InChI=1S/C14H14ClNO2.ClH/c1-2-17-13-5-3-4-6-14(13)18-12-8-7-10(16)9-11(12)15;/h3-9H,2,16H2,1H3;1H. The molecule has 19 heavy (non-hydrogen) atoms. The predicted molar refractivity (Wildman–Crippen MR) is 80.8 cm³/mol. The summed E-state index contributed by atoms with van der Waals surface area (Å²) in [5, 5.41) is 0.473. The molecule has 3 nitrogen and oxygen atoms in total. The van der Waals surface area contributed by atoms with Crippen LogP contribution in [0.25, 0.3) is 0 Å². The third-order valence-corrected chi connectivity index (χ3v) is 2.62.